The third-order valence-electron chi connectivity index (χ3n) is 3.17. The quantitative estimate of drug-likeness (QED) is 0.803. The summed E-state index contributed by atoms with van der Waals surface area (Å²) in [5.74, 6) is 0.779. The number of aliphatic hydroxyl groups is 1. The summed E-state index contributed by atoms with van der Waals surface area (Å²) in [5.41, 5.74) is 0.548. The molecule has 0 saturated carbocycles. The summed E-state index contributed by atoms with van der Waals surface area (Å²) < 4.78 is 11.1. The van der Waals surface area contributed by atoms with Crippen molar-refractivity contribution in [3.8, 4) is 5.75 Å². The van der Waals surface area contributed by atoms with Crippen LogP contribution in [0.5, 0.6) is 5.75 Å². The van der Waals surface area contributed by atoms with Crippen LogP contribution in [0, 0.1) is 0 Å². The highest BCUT2D eigenvalue weighted by molar-refractivity contribution is 5.97. The second-order valence-electron chi connectivity index (χ2n) is 6.43. The van der Waals surface area contributed by atoms with Crippen molar-refractivity contribution in [1.82, 2.24) is 5.32 Å². The van der Waals surface area contributed by atoms with Crippen LogP contribution in [0.1, 0.15) is 38.2 Å². The number of β-amino-alcohol motifs (C(OH)–C–C–N with tert-alkyl or cyclic N) is 1. The molecule has 0 amide bonds. The lowest BCUT2D eigenvalue weighted by molar-refractivity contribution is 0.0989. The van der Waals surface area contributed by atoms with Gasteiger partial charge in [-0.05, 0) is 39.0 Å². The van der Waals surface area contributed by atoms with E-state index in [9.17, 15) is 9.90 Å². The van der Waals surface area contributed by atoms with Gasteiger partial charge in [0.15, 0.2) is 11.5 Å². The van der Waals surface area contributed by atoms with Crippen LogP contribution in [0.2, 0.25) is 0 Å². The SMILES string of the molecule is CC(=O)c1cc2c(OCC(O)CNC(C)(C)C)cccc2o1. The van der Waals surface area contributed by atoms with Gasteiger partial charge in [0.2, 0.25) is 0 Å². The fourth-order valence-corrected chi connectivity index (χ4v) is 2.00. The molecule has 120 valence electrons. The topological polar surface area (TPSA) is 71.7 Å². The Morgan fingerprint density at radius 2 is 2.14 bits per heavy atom. The normalized spacial score (nSPS) is 13.3. The van der Waals surface area contributed by atoms with Crippen molar-refractivity contribution in [2.75, 3.05) is 13.2 Å². The summed E-state index contributed by atoms with van der Waals surface area (Å²) >= 11 is 0. The van der Waals surface area contributed by atoms with Gasteiger partial charge in [-0.25, -0.2) is 0 Å². The maximum atomic E-state index is 11.4. The average molecular weight is 305 g/mol. The number of aliphatic hydroxyl groups excluding tert-OH is 1. The summed E-state index contributed by atoms with van der Waals surface area (Å²) in [5, 5.41) is 13.9. The van der Waals surface area contributed by atoms with Crippen LogP contribution in [0.15, 0.2) is 28.7 Å². The number of benzene rings is 1. The van der Waals surface area contributed by atoms with E-state index in [0.717, 1.165) is 5.39 Å². The molecule has 1 unspecified atom stereocenters. The first-order chi connectivity index (χ1) is 10.3. The number of ether oxygens (including phenoxy) is 1. The van der Waals surface area contributed by atoms with Crippen molar-refractivity contribution in [3.05, 3.63) is 30.0 Å². The molecule has 0 spiro atoms. The minimum atomic E-state index is -0.617. The van der Waals surface area contributed by atoms with Crippen molar-refractivity contribution in [1.29, 1.82) is 0 Å². The molecule has 1 atom stereocenters. The highest BCUT2D eigenvalue weighted by Gasteiger charge is 2.15. The molecule has 22 heavy (non-hydrogen) atoms. The third kappa shape index (κ3) is 4.32. The minimum Gasteiger partial charge on any atom is -0.490 e. The predicted octanol–water partition coefficient (Wildman–Crippen LogP) is 2.76. The molecule has 5 heteroatoms. The third-order valence-corrected chi connectivity index (χ3v) is 3.17. The van der Waals surface area contributed by atoms with Gasteiger partial charge < -0.3 is 19.6 Å². The lowest BCUT2D eigenvalue weighted by Gasteiger charge is -2.23. The minimum absolute atomic E-state index is 0.0536. The molecule has 0 aliphatic rings. The fraction of sp³-hybridized carbons (Fsp3) is 0.471. The van der Waals surface area contributed by atoms with Crippen LogP contribution in [0.25, 0.3) is 11.0 Å². The van der Waals surface area contributed by atoms with Gasteiger partial charge in [-0.1, -0.05) is 6.07 Å². The van der Waals surface area contributed by atoms with E-state index in [1.807, 2.05) is 20.8 Å². The number of carbonyl (C=O) groups excluding carboxylic acids is 1. The van der Waals surface area contributed by atoms with Gasteiger partial charge in [0.25, 0.3) is 0 Å². The standard InChI is InChI=1S/C17H23NO4/c1-11(19)16-8-13-14(6-5-7-15(13)22-16)21-10-12(20)9-18-17(2,3)4/h5-8,12,18,20H,9-10H2,1-4H3. The van der Waals surface area contributed by atoms with E-state index in [0.29, 0.717) is 23.6 Å². The summed E-state index contributed by atoms with van der Waals surface area (Å²) in [6.07, 6.45) is -0.617. The van der Waals surface area contributed by atoms with Crippen LogP contribution in [0.3, 0.4) is 0 Å². The highest BCUT2D eigenvalue weighted by atomic mass is 16.5. The van der Waals surface area contributed by atoms with E-state index in [2.05, 4.69) is 5.32 Å². The summed E-state index contributed by atoms with van der Waals surface area (Å²) in [7, 11) is 0. The van der Waals surface area contributed by atoms with Gasteiger partial charge in [0.05, 0.1) is 5.39 Å². The molecule has 1 heterocycles. The van der Waals surface area contributed by atoms with Crippen molar-refractivity contribution in [2.24, 2.45) is 0 Å². The predicted molar refractivity (Wildman–Crippen MR) is 85.5 cm³/mol. The van der Waals surface area contributed by atoms with Gasteiger partial charge in [-0.3, -0.25) is 4.79 Å². The van der Waals surface area contributed by atoms with Gasteiger partial charge >= 0.3 is 0 Å². The zero-order valence-electron chi connectivity index (χ0n) is 13.5. The number of rotatable bonds is 6. The van der Waals surface area contributed by atoms with Crippen molar-refractivity contribution in [2.45, 2.75) is 39.3 Å². The van der Waals surface area contributed by atoms with Crippen LogP contribution < -0.4 is 10.1 Å². The number of hydrogen-bond donors (Lipinski definition) is 2. The summed E-state index contributed by atoms with van der Waals surface area (Å²) in [4.78, 5) is 11.4. The zero-order valence-corrected chi connectivity index (χ0v) is 13.5. The second kappa shape index (κ2) is 6.50. The Morgan fingerprint density at radius 3 is 2.77 bits per heavy atom. The Labute approximate surface area is 130 Å². The summed E-state index contributed by atoms with van der Waals surface area (Å²) in [6.45, 7) is 8.19. The molecule has 0 bridgehead atoms. The Balaban J connectivity index is 2.04. The maximum absolute atomic E-state index is 11.4. The highest BCUT2D eigenvalue weighted by Crippen LogP contribution is 2.29. The molecule has 5 nitrogen and oxygen atoms in total. The molecular weight excluding hydrogens is 282 g/mol. The molecule has 2 aromatic rings. The Bertz CT molecular complexity index is 654. The smallest absolute Gasteiger partial charge is 0.194 e. The molecule has 2 N–H and O–H groups in total. The zero-order chi connectivity index (χ0) is 16.3. The van der Waals surface area contributed by atoms with E-state index in [4.69, 9.17) is 9.15 Å². The monoisotopic (exact) mass is 305 g/mol. The van der Waals surface area contributed by atoms with Crippen LogP contribution in [-0.2, 0) is 0 Å². The molecule has 0 aliphatic heterocycles. The largest absolute Gasteiger partial charge is 0.490 e. The average Bonchev–Trinajstić information content (AvgIpc) is 2.86. The number of fused-ring (bicyclic) bond motifs is 1. The van der Waals surface area contributed by atoms with Crippen molar-refractivity contribution in [3.63, 3.8) is 0 Å². The first-order valence-electron chi connectivity index (χ1n) is 7.35. The molecule has 0 aliphatic carbocycles. The first-order valence-corrected chi connectivity index (χ1v) is 7.35. The van der Waals surface area contributed by atoms with Gasteiger partial charge in [0, 0.05) is 19.0 Å². The van der Waals surface area contributed by atoms with Gasteiger partial charge in [-0.2, -0.15) is 0 Å². The number of furan rings is 1. The van der Waals surface area contributed by atoms with Crippen LogP contribution in [-0.4, -0.2) is 35.7 Å². The summed E-state index contributed by atoms with van der Waals surface area (Å²) in [6, 6.07) is 7.05. The molecular formula is C17H23NO4. The van der Waals surface area contributed by atoms with Gasteiger partial charge in [-0.15, -0.1) is 0 Å². The van der Waals surface area contributed by atoms with Crippen LogP contribution in [0.4, 0.5) is 0 Å². The Hall–Kier alpha value is -1.85. The Kier molecular flexibility index (Phi) is 4.88. The molecule has 0 radical (unpaired) electrons. The number of nitrogens with one attached hydrogen (secondary N) is 1. The van der Waals surface area contributed by atoms with Crippen molar-refractivity contribution < 1.29 is 19.1 Å². The molecule has 0 saturated heterocycles. The number of hydrogen-bond acceptors (Lipinski definition) is 5. The molecule has 1 aromatic carbocycles. The number of Topliss-reactive ketones (excluding diaryl/α,β-unsaturated/α-hetero) is 1. The van der Waals surface area contributed by atoms with E-state index >= 15 is 0 Å². The van der Waals surface area contributed by atoms with E-state index in [-0.39, 0.29) is 17.9 Å². The van der Waals surface area contributed by atoms with E-state index in [1.54, 1.807) is 24.3 Å². The lowest BCUT2D eigenvalue weighted by Crippen LogP contribution is -2.42. The molecule has 2 rings (SSSR count). The molecule has 0 fully saturated rings. The maximum Gasteiger partial charge on any atom is 0.194 e. The molecule has 1 aromatic heterocycles. The Morgan fingerprint density at radius 1 is 1.41 bits per heavy atom. The van der Waals surface area contributed by atoms with E-state index < -0.39 is 6.10 Å². The van der Waals surface area contributed by atoms with E-state index in [1.165, 1.54) is 6.92 Å². The van der Waals surface area contributed by atoms with Gasteiger partial charge in [0.1, 0.15) is 24.0 Å². The number of carbonyl (C=O) groups is 1. The van der Waals surface area contributed by atoms with Crippen LogP contribution >= 0.6 is 0 Å². The second-order valence-corrected chi connectivity index (χ2v) is 6.43. The lowest BCUT2D eigenvalue weighted by atomic mass is 10.1. The number of ketones is 1. The first kappa shape index (κ1) is 16.5. The fourth-order valence-electron chi connectivity index (χ4n) is 2.00. The van der Waals surface area contributed by atoms with Crippen molar-refractivity contribution >= 4 is 16.8 Å².